The molecule has 0 bridgehead atoms. The van der Waals surface area contributed by atoms with Crippen LogP contribution in [0.5, 0.6) is 0 Å². The van der Waals surface area contributed by atoms with Gasteiger partial charge in [0.1, 0.15) is 11.1 Å². The highest BCUT2D eigenvalue weighted by atomic mass is 32.2. The number of nitrogens with zero attached hydrogens (tertiary/aromatic N) is 2. The molecule has 1 aliphatic rings. The van der Waals surface area contributed by atoms with E-state index in [9.17, 15) is 14.0 Å². The molecule has 0 saturated carbocycles. The standard InChI is InChI=1S/C20H17FN2O2S/c1-22-19(24)18(26-20(22)25)16-3-2-4-17-15(16)10-12-23(17)11-9-13-5-7-14(21)8-6-13/h2-8,10,12,18H,9,11H2,1H3. The molecule has 2 heterocycles. The Morgan fingerprint density at radius 1 is 1.08 bits per heavy atom. The second-order valence-electron chi connectivity index (χ2n) is 6.33. The third-order valence-corrected chi connectivity index (χ3v) is 5.90. The van der Waals surface area contributed by atoms with Crippen molar-refractivity contribution >= 4 is 33.8 Å². The maximum absolute atomic E-state index is 13.0. The van der Waals surface area contributed by atoms with E-state index >= 15 is 0 Å². The Morgan fingerprint density at radius 3 is 2.54 bits per heavy atom. The van der Waals surface area contributed by atoms with Crippen molar-refractivity contribution in [2.24, 2.45) is 0 Å². The van der Waals surface area contributed by atoms with Gasteiger partial charge in [-0.3, -0.25) is 14.5 Å². The quantitative estimate of drug-likeness (QED) is 0.686. The fraction of sp³-hybridized carbons (Fsp3) is 0.200. The van der Waals surface area contributed by atoms with E-state index in [-0.39, 0.29) is 17.0 Å². The van der Waals surface area contributed by atoms with Gasteiger partial charge < -0.3 is 4.57 Å². The Kier molecular flexibility index (Phi) is 4.28. The molecule has 0 spiro atoms. The maximum Gasteiger partial charge on any atom is 0.289 e. The molecule has 3 aromatic rings. The predicted molar refractivity (Wildman–Crippen MR) is 101 cm³/mol. The summed E-state index contributed by atoms with van der Waals surface area (Å²) in [5.74, 6) is -0.408. The van der Waals surface area contributed by atoms with Crippen molar-refractivity contribution in [2.45, 2.75) is 18.2 Å². The Morgan fingerprint density at radius 2 is 1.85 bits per heavy atom. The minimum Gasteiger partial charge on any atom is -0.347 e. The van der Waals surface area contributed by atoms with Crippen LogP contribution < -0.4 is 0 Å². The van der Waals surface area contributed by atoms with Gasteiger partial charge in [-0.1, -0.05) is 24.3 Å². The van der Waals surface area contributed by atoms with Crippen LogP contribution in [0.25, 0.3) is 10.9 Å². The summed E-state index contributed by atoms with van der Waals surface area (Å²) in [5, 5.41) is 0.289. The number of amides is 2. The van der Waals surface area contributed by atoms with Gasteiger partial charge in [-0.05, 0) is 53.6 Å². The fourth-order valence-electron chi connectivity index (χ4n) is 3.26. The fourth-order valence-corrected chi connectivity index (χ4v) is 4.31. The number of aryl methyl sites for hydroxylation is 2. The maximum atomic E-state index is 13.0. The highest BCUT2D eigenvalue weighted by Crippen LogP contribution is 2.41. The minimum absolute atomic E-state index is 0.174. The first-order valence-corrected chi connectivity index (χ1v) is 9.23. The summed E-state index contributed by atoms with van der Waals surface area (Å²) in [6.45, 7) is 0.753. The molecule has 0 aliphatic carbocycles. The van der Waals surface area contributed by atoms with Gasteiger partial charge in [0.2, 0.25) is 5.91 Å². The number of hydrogen-bond acceptors (Lipinski definition) is 3. The molecule has 2 aromatic carbocycles. The van der Waals surface area contributed by atoms with Crippen LogP contribution >= 0.6 is 11.8 Å². The van der Waals surface area contributed by atoms with Crippen molar-refractivity contribution in [2.75, 3.05) is 7.05 Å². The van der Waals surface area contributed by atoms with Crippen molar-refractivity contribution in [3.05, 3.63) is 71.7 Å². The SMILES string of the molecule is CN1C(=O)SC(c2cccc3c2ccn3CCc2ccc(F)cc2)C1=O. The van der Waals surface area contributed by atoms with E-state index in [2.05, 4.69) is 4.57 Å². The minimum atomic E-state index is -0.482. The summed E-state index contributed by atoms with van der Waals surface area (Å²) in [6.07, 6.45) is 2.78. The first-order chi connectivity index (χ1) is 12.5. The number of thioether (sulfide) groups is 1. The van der Waals surface area contributed by atoms with E-state index in [1.54, 1.807) is 12.1 Å². The molecular weight excluding hydrogens is 351 g/mol. The van der Waals surface area contributed by atoms with Crippen molar-refractivity contribution < 1.29 is 14.0 Å². The Hall–Kier alpha value is -2.60. The highest BCUT2D eigenvalue weighted by Gasteiger charge is 2.38. The summed E-state index contributed by atoms with van der Waals surface area (Å²) in [5.41, 5.74) is 2.97. The summed E-state index contributed by atoms with van der Waals surface area (Å²) >= 11 is 1.06. The molecule has 1 aliphatic heterocycles. The molecular formula is C20H17FN2O2S. The third-order valence-electron chi connectivity index (χ3n) is 4.73. The first-order valence-electron chi connectivity index (χ1n) is 8.35. The Balaban J connectivity index is 1.62. The number of likely N-dealkylation sites (N-methyl/N-ethyl adjacent to an activating group) is 1. The van der Waals surface area contributed by atoms with Crippen LogP contribution in [0.15, 0.2) is 54.7 Å². The first kappa shape index (κ1) is 16.8. The summed E-state index contributed by atoms with van der Waals surface area (Å²) in [7, 11) is 1.52. The van der Waals surface area contributed by atoms with Gasteiger partial charge in [0.15, 0.2) is 0 Å². The number of carbonyl (C=O) groups is 2. The summed E-state index contributed by atoms with van der Waals surface area (Å²) in [4.78, 5) is 25.4. The molecule has 1 aromatic heterocycles. The van der Waals surface area contributed by atoms with Crippen LogP contribution in [0, 0.1) is 5.82 Å². The molecule has 132 valence electrons. The smallest absolute Gasteiger partial charge is 0.289 e. The monoisotopic (exact) mass is 368 g/mol. The number of aromatic nitrogens is 1. The summed E-state index contributed by atoms with van der Waals surface area (Å²) < 4.78 is 15.1. The van der Waals surface area contributed by atoms with Crippen LogP contribution in [-0.4, -0.2) is 27.7 Å². The normalized spacial score (nSPS) is 17.5. The van der Waals surface area contributed by atoms with Crippen LogP contribution in [-0.2, 0) is 17.8 Å². The van der Waals surface area contributed by atoms with Crippen molar-refractivity contribution in [1.82, 2.24) is 9.47 Å². The van der Waals surface area contributed by atoms with Crippen LogP contribution in [0.1, 0.15) is 16.4 Å². The molecule has 2 amide bonds. The van der Waals surface area contributed by atoms with Crippen molar-refractivity contribution in [1.29, 1.82) is 0 Å². The lowest BCUT2D eigenvalue weighted by Gasteiger charge is -2.11. The van der Waals surface area contributed by atoms with Gasteiger partial charge in [0, 0.05) is 30.7 Å². The zero-order valence-electron chi connectivity index (χ0n) is 14.2. The van der Waals surface area contributed by atoms with Gasteiger partial charge >= 0.3 is 0 Å². The number of halogens is 1. The number of imide groups is 1. The lowest BCUT2D eigenvalue weighted by Crippen LogP contribution is -2.24. The third kappa shape index (κ3) is 2.90. The van der Waals surface area contributed by atoms with E-state index in [1.165, 1.54) is 24.1 Å². The zero-order valence-corrected chi connectivity index (χ0v) is 15.0. The average Bonchev–Trinajstić information content (AvgIpc) is 3.17. The Bertz CT molecular complexity index is 997. The van der Waals surface area contributed by atoms with Crippen LogP contribution in [0.4, 0.5) is 9.18 Å². The zero-order chi connectivity index (χ0) is 18.3. The number of fused-ring (bicyclic) bond motifs is 1. The highest BCUT2D eigenvalue weighted by molar-refractivity contribution is 8.15. The van der Waals surface area contributed by atoms with Crippen LogP contribution in [0.3, 0.4) is 0 Å². The molecule has 1 unspecified atom stereocenters. The molecule has 6 heteroatoms. The van der Waals surface area contributed by atoms with E-state index in [4.69, 9.17) is 0 Å². The summed E-state index contributed by atoms with van der Waals surface area (Å²) in [6, 6.07) is 14.4. The predicted octanol–water partition coefficient (Wildman–Crippen LogP) is 4.39. The Labute approximate surface area is 154 Å². The molecule has 0 radical (unpaired) electrons. The number of benzene rings is 2. The van der Waals surface area contributed by atoms with E-state index in [0.717, 1.165) is 46.8 Å². The van der Waals surface area contributed by atoms with Gasteiger partial charge in [-0.25, -0.2) is 4.39 Å². The van der Waals surface area contributed by atoms with Gasteiger partial charge in [-0.2, -0.15) is 0 Å². The van der Waals surface area contributed by atoms with Crippen LogP contribution in [0.2, 0.25) is 0 Å². The second kappa shape index (κ2) is 6.61. The van der Waals surface area contributed by atoms with Crippen molar-refractivity contribution in [3.63, 3.8) is 0 Å². The molecule has 1 fully saturated rings. The van der Waals surface area contributed by atoms with E-state index in [1.807, 2.05) is 30.5 Å². The number of carbonyl (C=O) groups excluding carboxylic acids is 2. The van der Waals surface area contributed by atoms with Gasteiger partial charge in [0.05, 0.1) is 0 Å². The van der Waals surface area contributed by atoms with Gasteiger partial charge in [-0.15, -0.1) is 0 Å². The largest absolute Gasteiger partial charge is 0.347 e. The van der Waals surface area contributed by atoms with Crippen molar-refractivity contribution in [3.8, 4) is 0 Å². The van der Waals surface area contributed by atoms with E-state index in [0.29, 0.717) is 0 Å². The van der Waals surface area contributed by atoms with E-state index < -0.39 is 5.25 Å². The average molecular weight is 368 g/mol. The number of rotatable bonds is 4. The second-order valence-corrected chi connectivity index (χ2v) is 7.38. The lowest BCUT2D eigenvalue weighted by molar-refractivity contribution is -0.125. The molecule has 4 nitrogen and oxygen atoms in total. The molecule has 0 N–H and O–H groups in total. The molecule has 1 atom stereocenters. The molecule has 26 heavy (non-hydrogen) atoms. The lowest BCUT2D eigenvalue weighted by atomic mass is 10.1. The molecule has 1 saturated heterocycles. The van der Waals surface area contributed by atoms with Gasteiger partial charge in [0.25, 0.3) is 5.24 Å². The molecule has 4 rings (SSSR count). The topological polar surface area (TPSA) is 42.3 Å². The number of hydrogen-bond donors (Lipinski definition) is 0.